The minimum Gasteiger partial charge on any atom is -0.503 e. The highest BCUT2D eigenvalue weighted by atomic mass is 19.1. The Morgan fingerprint density at radius 2 is 1.94 bits per heavy atom. The second-order valence-electron chi connectivity index (χ2n) is 8.91. The monoisotopic (exact) mass is 429 g/mol. The highest BCUT2D eigenvalue weighted by molar-refractivity contribution is 5.99. The van der Waals surface area contributed by atoms with Crippen molar-refractivity contribution in [3.05, 3.63) is 63.3 Å². The molecule has 2 amide bonds. The maximum absolute atomic E-state index is 13.1. The zero-order chi connectivity index (χ0) is 22.5. The minimum atomic E-state index is -0.915. The largest absolute Gasteiger partial charge is 0.503 e. The number of carbonyl (C=O) groups is 2. The quantitative estimate of drug-likeness (QED) is 0.776. The van der Waals surface area contributed by atoms with Crippen molar-refractivity contribution in [2.45, 2.75) is 46.1 Å². The molecule has 1 saturated heterocycles. The molecule has 3 heterocycles. The number of pyridine rings is 1. The van der Waals surface area contributed by atoms with Gasteiger partial charge in [-0.15, -0.1) is 0 Å². The fourth-order valence-corrected chi connectivity index (χ4v) is 3.99. The van der Waals surface area contributed by atoms with Crippen LogP contribution in [0.2, 0.25) is 0 Å². The Balaban J connectivity index is 1.62. The second kappa shape index (κ2) is 7.49. The number of ether oxygens (including phenoxy) is 1. The van der Waals surface area contributed by atoms with Crippen LogP contribution < -0.4 is 10.7 Å². The van der Waals surface area contributed by atoms with E-state index in [4.69, 9.17) is 4.74 Å². The van der Waals surface area contributed by atoms with Crippen LogP contribution >= 0.6 is 0 Å². The van der Waals surface area contributed by atoms with Gasteiger partial charge in [-0.2, -0.15) is 0 Å². The van der Waals surface area contributed by atoms with Gasteiger partial charge in [-0.3, -0.25) is 14.4 Å². The summed E-state index contributed by atoms with van der Waals surface area (Å²) in [6.45, 7) is 6.60. The summed E-state index contributed by atoms with van der Waals surface area (Å²) in [4.78, 5) is 40.0. The molecule has 1 aromatic carbocycles. The van der Waals surface area contributed by atoms with E-state index >= 15 is 0 Å². The fourth-order valence-electron chi connectivity index (χ4n) is 3.99. The Hall–Kier alpha value is -3.20. The molecule has 2 aliphatic heterocycles. The number of amides is 2. The number of hydrogen-bond acceptors (Lipinski definition) is 5. The van der Waals surface area contributed by atoms with Crippen LogP contribution in [0.15, 0.2) is 35.3 Å². The topological polar surface area (TPSA) is 101 Å². The zero-order valence-electron chi connectivity index (χ0n) is 17.5. The normalized spacial score (nSPS) is 20.4. The molecule has 2 N–H and O–H groups in total. The van der Waals surface area contributed by atoms with Crippen LogP contribution in [-0.2, 0) is 17.8 Å². The lowest BCUT2D eigenvalue weighted by atomic mass is 9.86. The van der Waals surface area contributed by atoms with Crippen LogP contribution in [0.25, 0.3) is 0 Å². The summed E-state index contributed by atoms with van der Waals surface area (Å²) in [6, 6.07) is 5.37. The number of carbonyl (C=O) groups excluding carboxylic acids is 2. The predicted molar refractivity (Wildman–Crippen MR) is 109 cm³/mol. The lowest BCUT2D eigenvalue weighted by molar-refractivity contribution is 0.00148. The molecule has 2 aliphatic rings. The number of aromatic nitrogens is 1. The third kappa shape index (κ3) is 3.69. The van der Waals surface area contributed by atoms with E-state index in [0.29, 0.717) is 12.2 Å². The summed E-state index contributed by atoms with van der Waals surface area (Å²) in [7, 11) is 0. The smallest absolute Gasteiger partial charge is 0.276 e. The van der Waals surface area contributed by atoms with Crippen molar-refractivity contribution in [2.75, 3.05) is 6.61 Å². The zero-order valence-corrected chi connectivity index (χ0v) is 17.5. The molecule has 0 spiro atoms. The fraction of sp³-hybridized carbons (Fsp3) is 0.409. The van der Waals surface area contributed by atoms with Crippen LogP contribution in [0.3, 0.4) is 0 Å². The maximum Gasteiger partial charge on any atom is 0.276 e. The first-order valence-electron chi connectivity index (χ1n) is 10.0. The van der Waals surface area contributed by atoms with E-state index in [-0.39, 0.29) is 35.8 Å². The van der Waals surface area contributed by atoms with E-state index in [9.17, 15) is 23.9 Å². The molecule has 9 heteroatoms. The van der Waals surface area contributed by atoms with Crippen molar-refractivity contribution in [3.63, 3.8) is 0 Å². The minimum absolute atomic E-state index is 0.0762. The first kappa shape index (κ1) is 21.0. The Morgan fingerprint density at radius 3 is 2.58 bits per heavy atom. The van der Waals surface area contributed by atoms with E-state index in [1.807, 2.05) is 20.8 Å². The Labute approximate surface area is 178 Å². The maximum atomic E-state index is 13.1. The molecule has 4 rings (SSSR count). The van der Waals surface area contributed by atoms with Gasteiger partial charge >= 0.3 is 0 Å². The number of hydrogen-bond donors (Lipinski definition) is 2. The van der Waals surface area contributed by atoms with Crippen molar-refractivity contribution in [3.8, 4) is 5.75 Å². The van der Waals surface area contributed by atoms with Crippen LogP contribution in [0.1, 0.15) is 47.2 Å². The number of fused-ring (bicyclic) bond motifs is 2. The van der Waals surface area contributed by atoms with E-state index in [2.05, 4.69) is 5.32 Å². The highest BCUT2D eigenvalue weighted by Gasteiger charge is 2.48. The highest BCUT2D eigenvalue weighted by Crippen LogP contribution is 2.36. The summed E-state index contributed by atoms with van der Waals surface area (Å²) in [5, 5.41) is 13.1. The van der Waals surface area contributed by atoms with Crippen molar-refractivity contribution < 1.29 is 23.8 Å². The van der Waals surface area contributed by atoms with Crippen molar-refractivity contribution in [2.24, 2.45) is 5.41 Å². The molecule has 0 bridgehead atoms. The van der Waals surface area contributed by atoms with Crippen molar-refractivity contribution in [1.29, 1.82) is 0 Å². The Morgan fingerprint density at radius 1 is 1.26 bits per heavy atom. The molecule has 2 aromatic rings. The average molecular weight is 429 g/mol. The van der Waals surface area contributed by atoms with Gasteiger partial charge in [-0.25, -0.2) is 4.39 Å². The molecular weight excluding hydrogens is 405 g/mol. The molecule has 31 heavy (non-hydrogen) atoms. The van der Waals surface area contributed by atoms with Gasteiger partial charge in [0.1, 0.15) is 11.4 Å². The van der Waals surface area contributed by atoms with Gasteiger partial charge in [0, 0.05) is 12.7 Å². The molecule has 0 unspecified atom stereocenters. The van der Waals surface area contributed by atoms with E-state index in [0.717, 1.165) is 0 Å². The first-order valence-corrected chi connectivity index (χ1v) is 10.0. The van der Waals surface area contributed by atoms with Gasteiger partial charge in [-0.1, -0.05) is 32.9 Å². The summed E-state index contributed by atoms with van der Waals surface area (Å²) in [5.74, 6) is -2.34. The molecule has 0 saturated carbocycles. The van der Waals surface area contributed by atoms with Crippen molar-refractivity contribution in [1.82, 2.24) is 14.8 Å². The van der Waals surface area contributed by atoms with Gasteiger partial charge in [0.05, 0.1) is 19.2 Å². The lowest BCUT2D eigenvalue weighted by Gasteiger charge is -2.39. The third-order valence-corrected chi connectivity index (χ3v) is 5.75. The van der Waals surface area contributed by atoms with Gasteiger partial charge in [0.2, 0.25) is 5.43 Å². The van der Waals surface area contributed by atoms with Gasteiger partial charge < -0.3 is 24.6 Å². The molecular formula is C22H24FN3O5. The Bertz CT molecular complexity index is 1100. The molecule has 1 aromatic heterocycles. The second-order valence-corrected chi connectivity index (χ2v) is 8.91. The van der Waals surface area contributed by atoms with E-state index in [1.165, 1.54) is 35.0 Å². The summed E-state index contributed by atoms with van der Waals surface area (Å²) < 4.78 is 20.2. The average Bonchev–Trinajstić information content (AvgIpc) is 3.14. The summed E-state index contributed by atoms with van der Waals surface area (Å²) >= 11 is 0. The molecule has 1 fully saturated rings. The number of halogens is 1. The van der Waals surface area contributed by atoms with Crippen LogP contribution in [-0.4, -0.2) is 45.3 Å². The number of aromatic hydroxyl groups is 1. The predicted octanol–water partition coefficient (Wildman–Crippen LogP) is 1.85. The van der Waals surface area contributed by atoms with Crippen molar-refractivity contribution >= 4 is 11.8 Å². The van der Waals surface area contributed by atoms with E-state index in [1.54, 1.807) is 4.90 Å². The standard InChI is InChI=1S/C22H24FN3O5/c1-22(2,3)15-11-31-16-10-25-9-14(18(27)19(28)17(25)21(30)26(15)16)20(29)24-8-12-4-6-13(23)7-5-12/h4-7,9,15-16,28H,8,10-11H2,1-3H3,(H,24,29)/t15-,16-/m1/s1. The molecule has 2 atom stereocenters. The number of benzene rings is 1. The number of nitrogens with zero attached hydrogens (tertiary/aromatic N) is 2. The number of nitrogens with one attached hydrogen (secondary N) is 1. The van der Waals surface area contributed by atoms with Crippen LogP contribution in [0.4, 0.5) is 4.39 Å². The third-order valence-electron chi connectivity index (χ3n) is 5.75. The van der Waals surface area contributed by atoms with Gasteiger partial charge in [-0.05, 0) is 23.1 Å². The number of rotatable bonds is 3. The van der Waals surface area contributed by atoms with Crippen LogP contribution in [0, 0.1) is 11.2 Å². The summed E-state index contributed by atoms with van der Waals surface area (Å²) in [6.07, 6.45) is 0.738. The van der Waals surface area contributed by atoms with E-state index < -0.39 is 35.0 Å². The van der Waals surface area contributed by atoms with Gasteiger partial charge in [0.15, 0.2) is 17.7 Å². The SMILES string of the molecule is CC(C)(C)[C@H]1CO[C@@H]2Cn3cc(C(=O)NCc4ccc(F)cc4)c(=O)c(O)c3C(=O)N21. The van der Waals surface area contributed by atoms with Crippen LogP contribution in [0.5, 0.6) is 5.75 Å². The summed E-state index contributed by atoms with van der Waals surface area (Å²) in [5.41, 5.74) is -0.938. The molecule has 0 radical (unpaired) electrons. The van der Waals surface area contributed by atoms with Gasteiger partial charge in [0.25, 0.3) is 11.8 Å². The first-order chi connectivity index (χ1) is 14.6. The molecule has 8 nitrogen and oxygen atoms in total. The molecule has 0 aliphatic carbocycles. The lowest BCUT2D eigenvalue weighted by Crippen LogP contribution is -2.53. The Kier molecular flexibility index (Phi) is 5.09. The molecule has 164 valence electrons.